The molecule has 1 amide bonds. The smallest absolute Gasteiger partial charge is 0.352 e. The normalized spacial score (nSPS) is 11.7. The molecule has 0 fully saturated rings. The highest BCUT2D eigenvalue weighted by molar-refractivity contribution is 5.94. The first-order chi connectivity index (χ1) is 8.21. The van der Waals surface area contributed by atoms with E-state index in [4.69, 9.17) is 0 Å². The van der Waals surface area contributed by atoms with Crippen molar-refractivity contribution < 1.29 is 22.4 Å². The summed E-state index contributed by atoms with van der Waals surface area (Å²) in [6, 6.07) is 2.12. The van der Waals surface area contributed by atoms with Gasteiger partial charge in [-0.05, 0) is 24.1 Å². The van der Waals surface area contributed by atoms with Crippen molar-refractivity contribution >= 4 is 5.91 Å². The van der Waals surface area contributed by atoms with E-state index in [1.54, 1.807) is 0 Å². The molecule has 0 atom stereocenters. The second-order valence-electron chi connectivity index (χ2n) is 4.30. The average Bonchev–Trinajstić information content (AvgIpc) is 2.23. The number of carbonyl (C=O) groups is 1. The number of halogens is 4. The van der Waals surface area contributed by atoms with Gasteiger partial charge in [-0.15, -0.1) is 0 Å². The average molecular weight is 263 g/mol. The number of carbonyl (C=O) groups excluding carboxylic acids is 1. The molecule has 1 aromatic rings. The number of hydrogen-bond acceptors (Lipinski definition) is 1. The predicted octanol–water partition coefficient (Wildman–Crippen LogP) is 3.23. The van der Waals surface area contributed by atoms with Gasteiger partial charge in [-0.3, -0.25) is 4.79 Å². The Hall–Kier alpha value is -1.59. The van der Waals surface area contributed by atoms with Crippen molar-refractivity contribution in [2.75, 3.05) is 6.54 Å². The zero-order valence-corrected chi connectivity index (χ0v) is 9.94. The largest absolute Gasteiger partial charge is 0.419 e. The monoisotopic (exact) mass is 263 g/mol. The Labute approximate surface area is 102 Å². The summed E-state index contributed by atoms with van der Waals surface area (Å²) in [4.78, 5) is 11.5. The lowest BCUT2D eigenvalue weighted by Crippen LogP contribution is -2.27. The van der Waals surface area contributed by atoms with E-state index in [-0.39, 0.29) is 11.5 Å². The zero-order valence-electron chi connectivity index (χ0n) is 9.94. The van der Waals surface area contributed by atoms with Gasteiger partial charge in [0.2, 0.25) is 0 Å². The van der Waals surface area contributed by atoms with Crippen molar-refractivity contribution in [2.45, 2.75) is 20.0 Å². The maximum atomic E-state index is 13.2. The van der Waals surface area contributed by atoms with E-state index in [9.17, 15) is 22.4 Å². The molecule has 100 valence electrons. The van der Waals surface area contributed by atoms with E-state index in [2.05, 4.69) is 5.32 Å². The van der Waals surface area contributed by atoms with Crippen LogP contribution in [0.25, 0.3) is 0 Å². The van der Waals surface area contributed by atoms with E-state index in [0.717, 1.165) is 6.07 Å². The Kier molecular flexibility index (Phi) is 4.32. The molecule has 0 heterocycles. The summed E-state index contributed by atoms with van der Waals surface area (Å²) in [7, 11) is 0. The van der Waals surface area contributed by atoms with Crippen LogP contribution in [0.4, 0.5) is 17.6 Å². The van der Waals surface area contributed by atoms with Crippen LogP contribution >= 0.6 is 0 Å². The summed E-state index contributed by atoms with van der Waals surface area (Å²) in [5.74, 6) is -1.83. The molecule has 0 unspecified atom stereocenters. The van der Waals surface area contributed by atoms with Crippen LogP contribution in [0.1, 0.15) is 29.8 Å². The fourth-order valence-electron chi connectivity index (χ4n) is 1.29. The van der Waals surface area contributed by atoms with Gasteiger partial charge in [0, 0.05) is 12.1 Å². The molecule has 0 bridgehead atoms. The van der Waals surface area contributed by atoms with Gasteiger partial charge < -0.3 is 5.32 Å². The van der Waals surface area contributed by atoms with E-state index in [1.165, 1.54) is 0 Å². The predicted molar refractivity (Wildman–Crippen MR) is 58.6 cm³/mol. The molecular formula is C12H13F4NO. The lowest BCUT2D eigenvalue weighted by molar-refractivity contribution is -0.140. The van der Waals surface area contributed by atoms with Gasteiger partial charge in [0.1, 0.15) is 5.82 Å². The molecule has 0 spiro atoms. The molecular weight excluding hydrogens is 250 g/mol. The van der Waals surface area contributed by atoms with E-state index in [0.29, 0.717) is 18.7 Å². The SMILES string of the molecule is CC(C)CNC(=O)c1ccc(C(F)(F)F)c(F)c1. The number of rotatable bonds is 3. The van der Waals surface area contributed by atoms with Crippen LogP contribution in [0, 0.1) is 11.7 Å². The highest BCUT2D eigenvalue weighted by atomic mass is 19.4. The highest BCUT2D eigenvalue weighted by Gasteiger charge is 2.34. The topological polar surface area (TPSA) is 29.1 Å². The fourth-order valence-corrected chi connectivity index (χ4v) is 1.29. The number of hydrogen-bond donors (Lipinski definition) is 1. The Morgan fingerprint density at radius 2 is 1.94 bits per heavy atom. The van der Waals surface area contributed by atoms with Gasteiger partial charge in [0.15, 0.2) is 0 Å². The quantitative estimate of drug-likeness (QED) is 0.833. The molecule has 0 aromatic heterocycles. The van der Waals surface area contributed by atoms with Crippen molar-refractivity contribution in [2.24, 2.45) is 5.92 Å². The van der Waals surface area contributed by atoms with E-state index in [1.807, 2.05) is 13.8 Å². The van der Waals surface area contributed by atoms with E-state index < -0.39 is 23.5 Å². The lowest BCUT2D eigenvalue weighted by atomic mass is 10.1. The minimum Gasteiger partial charge on any atom is -0.352 e. The highest BCUT2D eigenvalue weighted by Crippen LogP contribution is 2.31. The van der Waals surface area contributed by atoms with Gasteiger partial charge in [0.05, 0.1) is 5.56 Å². The third-order valence-corrected chi connectivity index (χ3v) is 2.21. The molecule has 0 radical (unpaired) electrons. The Morgan fingerprint density at radius 3 is 2.39 bits per heavy atom. The number of benzene rings is 1. The Morgan fingerprint density at radius 1 is 1.33 bits per heavy atom. The molecule has 0 aliphatic carbocycles. The molecule has 1 rings (SSSR count). The van der Waals surface area contributed by atoms with Gasteiger partial charge >= 0.3 is 6.18 Å². The Balaban J connectivity index is 2.88. The maximum Gasteiger partial charge on any atom is 0.419 e. The standard InChI is InChI=1S/C12H13F4NO/c1-7(2)6-17-11(18)8-3-4-9(10(13)5-8)12(14,15)16/h3-5,7H,6H2,1-2H3,(H,17,18). The summed E-state index contributed by atoms with van der Waals surface area (Å²) in [6.45, 7) is 4.11. The lowest BCUT2D eigenvalue weighted by Gasteiger charge is -2.10. The van der Waals surface area contributed by atoms with Gasteiger partial charge in [-0.2, -0.15) is 13.2 Å². The summed E-state index contributed by atoms with van der Waals surface area (Å²) in [6.07, 6.45) is -4.75. The second kappa shape index (κ2) is 5.37. The minimum atomic E-state index is -4.75. The molecule has 1 N–H and O–H groups in total. The van der Waals surface area contributed by atoms with Crippen LogP contribution in [-0.2, 0) is 6.18 Å². The van der Waals surface area contributed by atoms with Crippen LogP contribution in [0.2, 0.25) is 0 Å². The van der Waals surface area contributed by atoms with Crippen LogP contribution in [-0.4, -0.2) is 12.5 Å². The van der Waals surface area contributed by atoms with Crippen LogP contribution in [0.5, 0.6) is 0 Å². The van der Waals surface area contributed by atoms with Gasteiger partial charge in [-0.25, -0.2) is 4.39 Å². The third-order valence-electron chi connectivity index (χ3n) is 2.21. The molecule has 1 aromatic carbocycles. The molecule has 0 aliphatic rings. The number of amides is 1. The first kappa shape index (κ1) is 14.5. The maximum absolute atomic E-state index is 13.2. The minimum absolute atomic E-state index is 0.124. The van der Waals surface area contributed by atoms with Gasteiger partial charge in [0.25, 0.3) is 5.91 Å². The van der Waals surface area contributed by atoms with Crippen LogP contribution in [0.3, 0.4) is 0 Å². The fraction of sp³-hybridized carbons (Fsp3) is 0.417. The summed E-state index contributed by atoms with van der Waals surface area (Å²) in [5.41, 5.74) is -1.50. The number of alkyl halides is 3. The molecule has 6 heteroatoms. The molecule has 18 heavy (non-hydrogen) atoms. The summed E-state index contributed by atoms with van der Waals surface area (Å²) < 4.78 is 50.1. The summed E-state index contributed by atoms with van der Waals surface area (Å²) in [5, 5.41) is 2.50. The van der Waals surface area contributed by atoms with Crippen molar-refractivity contribution in [3.63, 3.8) is 0 Å². The number of nitrogens with one attached hydrogen (secondary N) is 1. The van der Waals surface area contributed by atoms with Crippen molar-refractivity contribution in [1.82, 2.24) is 5.32 Å². The third kappa shape index (κ3) is 3.72. The first-order valence-corrected chi connectivity index (χ1v) is 5.36. The van der Waals surface area contributed by atoms with Crippen molar-refractivity contribution in [3.8, 4) is 0 Å². The zero-order chi connectivity index (χ0) is 13.9. The first-order valence-electron chi connectivity index (χ1n) is 5.36. The molecule has 0 saturated heterocycles. The summed E-state index contributed by atoms with van der Waals surface area (Å²) >= 11 is 0. The van der Waals surface area contributed by atoms with Crippen LogP contribution in [0.15, 0.2) is 18.2 Å². The Bertz CT molecular complexity index is 440. The van der Waals surface area contributed by atoms with Crippen molar-refractivity contribution in [3.05, 3.63) is 35.1 Å². The molecule has 0 saturated carbocycles. The van der Waals surface area contributed by atoms with E-state index >= 15 is 0 Å². The molecule has 0 aliphatic heterocycles. The van der Waals surface area contributed by atoms with Gasteiger partial charge in [-0.1, -0.05) is 13.8 Å². The van der Waals surface area contributed by atoms with Crippen molar-refractivity contribution in [1.29, 1.82) is 0 Å². The van der Waals surface area contributed by atoms with Crippen LogP contribution < -0.4 is 5.32 Å². The molecule has 2 nitrogen and oxygen atoms in total. The second-order valence-corrected chi connectivity index (χ2v) is 4.30.